The maximum atomic E-state index is 12.3. The average molecular weight is 320 g/mol. The van der Waals surface area contributed by atoms with Crippen molar-refractivity contribution in [3.63, 3.8) is 0 Å². The van der Waals surface area contributed by atoms with E-state index >= 15 is 0 Å². The molecule has 24 heavy (non-hydrogen) atoms. The summed E-state index contributed by atoms with van der Waals surface area (Å²) in [5, 5.41) is 13.9. The molecule has 3 rings (SSSR count). The number of hydrogen-bond acceptors (Lipinski definition) is 4. The zero-order valence-electron chi connectivity index (χ0n) is 13.6. The minimum Gasteiger partial charge on any atom is -0.451 e. The predicted molar refractivity (Wildman–Crippen MR) is 90.9 cm³/mol. The van der Waals surface area contributed by atoms with Crippen LogP contribution in [-0.2, 0) is 7.05 Å². The van der Waals surface area contributed by atoms with E-state index < -0.39 is 5.91 Å². The summed E-state index contributed by atoms with van der Waals surface area (Å²) < 4.78 is 7.37. The number of nitrogens with one attached hydrogen (secondary N) is 1. The zero-order valence-corrected chi connectivity index (χ0v) is 13.6. The van der Waals surface area contributed by atoms with Crippen LogP contribution in [-0.4, -0.2) is 16.7 Å². The standard InChI is InChI=1S/C18H16N4O2/c1-11-15-6-4-5-7-16(15)24-17(11)18(23)21-20-10-13-8-14(9-19)22(3)12(13)2/h4-8,10H,1-3H3,(H,21,23)/b20-10-. The SMILES string of the molecule is Cc1c(C(=O)N/N=C\c2cc(C#N)n(C)c2C)oc2ccccc12. The van der Waals surface area contributed by atoms with Gasteiger partial charge in [0.25, 0.3) is 0 Å². The predicted octanol–water partition coefficient (Wildman–Crippen LogP) is 3.02. The van der Waals surface area contributed by atoms with Crippen LogP contribution in [0.4, 0.5) is 0 Å². The number of aromatic nitrogens is 1. The van der Waals surface area contributed by atoms with Crippen LogP contribution >= 0.6 is 0 Å². The van der Waals surface area contributed by atoms with Gasteiger partial charge in [-0.1, -0.05) is 18.2 Å². The Balaban J connectivity index is 1.80. The number of para-hydroxylation sites is 1. The Morgan fingerprint density at radius 1 is 1.38 bits per heavy atom. The molecule has 0 bridgehead atoms. The second kappa shape index (κ2) is 6.05. The Bertz CT molecular complexity index is 1000. The smallest absolute Gasteiger partial charge is 0.307 e. The number of fused-ring (bicyclic) bond motifs is 1. The Labute approximate surface area is 139 Å². The summed E-state index contributed by atoms with van der Waals surface area (Å²) in [6, 6.07) is 11.3. The molecular formula is C18H16N4O2. The van der Waals surface area contributed by atoms with E-state index in [1.807, 2.05) is 45.2 Å². The van der Waals surface area contributed by atoms with Crippen LogP contribution in [0.15, 0.2) is 39.9 Å². The van der Waals surface area contributed by atoms with Gasteiger partial charge in [-0.3, -0.25) is 4.79 Å². The number of aryl methyl sites for hydroxylation is 1. The van der Waals surface area contributed by atoms with E-state index in [1.165, 1.54) is 6.21 Å². The molecule has 120 valence electrons. The van der Waals surface area contributed by atoms with Crippen molar-refractivity contribution in [2.75, 3.05) is 0 Å². The highest BCUT2D eigenvalue weighted by atomic mass is 16.3. The van der Waals surface area contributed by atoms with Gasteiger partial charge in [0.1, 0.15) is 17.3 Å². The molecule has 0 saturated heterocycles. The first-order chi connectivity index (χ1) is 11.5. The van der Waals surface area contributed by atoms with Crippen LogP contribution in [0.3, 0.4) is 0 Å². The maximum Gasteiger partial charge on any atom is 0.307 e. The molecule has 0 aliphatic heterocycles. The first-order valence-electron chi connectivity index (χ1n) is 7.41. The fraction of sp³-hybridized carbons (Fsp3) is 0.167. The van der Waals surface area contributed by atoms with Crippen LogP contribution in [0.1, 0.15) is 33.1 Å². The molecule has 0 saturated carbocycles. The summed E-state index contributed by atoms with van der Waals surface area (Å²) in [5.74, 6) is -0.162. The number of nitriles is 1. The monoisotopic (exact) mass is 320 g/mol. The highest BCUT2D eigenvalue weighted by Gasteiger charge is 2.16. The van der Waals surface area contributed by atoms with Crippen LogP contribution < -0.4 is 5.43 Å². The van der Waals surface area contributed by atoms with Crippen molar-refractivity contribution < 1.29 is 9.21 Å². The third-order valence-corrected chi connectivity index (χ3v) is 4.11. The van der Waals surface area contributed by atoms with E-state index in [9.17, 15) is 4.79 Å². The molecule has 0 atom stereocenters. The number of hydrogen-bond donors (Lipinski definition) is 1. The Kier molecular flexibility index (Phi) is 3.92. The van der Waals surface area contributed by atoms with Gasteiger partial charge in [-0.2, -0.15) is 10.4 Å². The molecule has 3 aromatic rings. The molecule has 1 aromatic carbocycles. The molecule has 0 unspecified atom stereocenters. The Morgan fingerprint density at radius 3 is 2.79 bits per heavy atom. The van der Waals surface area contributed by atoms with Crippen molar-refractivity contribution >= 4 is 23.1 Å². The molecule has 1 amide bonds. The van der Waals surface area contributed by atoms with Gasteiger partial charge in [-0.25, -0.2) is 5.43 Å². The van der Waals surface area contributed by atoms with Gasteiger partial charge in [0.05, 0.1) is 6.21 Å². The molecule has 1 N–H and O–H groups in total. The molecule has 0 radical (unpaired) electrons. The Hall–Kier alpha value is -3.33. The molecule has 0 fully saturated rings. The van der Waals surface area contributed by atoms with E-state index in [0.29, 0.717) is 11.3 Å². The number of carbonyl (C=O) groups excluding carboxylic acids is 1. The van der Waals surface area contributed by atoms with Crippen molar-refractivity contribution in [2.24, 2.45) is 12.1 Å². The summed E-state index contributed by atoms with van der Waals surface area (Å²) in [5.41, 5.74) is 6.12. The normalized spacial score (nSPS) is 11.1. The van der Waals surface area contributed by atoms with Gasteiger partial charge in [0, 0.05) is 29.3 Å². The third kappa shape index (κ3) is 2.57. The van der Waals surface area contributed by atoms with Gasteiger partial charge in [-0.05, 0) is 26.0 Å². The second-order valence-corrected chi connectivity index (χ2v) is 5.49. The van der Waals surface area contributed by atoms with Gasteiger partial charge in [-0.15, -0.1) is 0 Å². The number of furan rings is 1. The lowest BCUT2D eigenvalue weighted by molar-refractivity contribution is 0.0929. The van der Waals surface area contributed by atoms with E-state index in [1.54, 1.807) is 10.6 Å². The van der Waals surface area contributed by atoms with Crippen LogP contribution in [0, 0.1) is 25.2 Å². The fourth-order valence-electron chi connectivity index (χ4n) is 2.56. The molecule has 0 spiro atoms. The molecule has 6 nitrogen and oxygen atoms in total. The first-order valence-corrected chi connectivity index (χ1v) is 7.41. The number of nitrogens with zero attached hydrogens (tertiary/aromatic N) is 3. The van der Waals surface area contributed by atoms with Crippen molar-refractivity contribution in [1.82, 2.24) is 9.99 Å². The quantitative estimate of drug-likeness (QED) is 0.595. The molecule has 2 aromatic heterocycles. The van der Waals surface area contributed by atoms with Gasteiger partial charge < -0.3 is 8.98 Å². The maximum absolute atomic E-state index is 12.3. The lowest BCUT2D eigenvalue weighted by atomic mass is 10.1. The van der Waals surface area contributed by atoms with E-state index in [4.69, 9.17) is 9.68 Å². The average Bonchev–Trinajstić information content (AvgIpc) is 3.07. The highest BCUT2D eigenvalue weighted by Crippen LogP contribution is 2.24. The van der Waals surface area contributed by atoms with Gasteiger partial charge >= 0.3 is 5.91 Å². The highest BCUT2D eigenvalue weighted by molar-refractivity contribution is 5.99. The van der Waals surface area contributed by atoms with E-state index in [2.05, 4.69) is 16.6 Å². The minimum atomic E-state index is -0.408. The lowest BCUT2D eigenvalue weighted by Crippen LogP contribution is -2.17. The summed E-state index contributed by atoms with van der Waals surface area (Å²) in [6.45, 7) is 3.72. The summed E-state index contributed by atoms with van der Waals surface area (Å²) in [7, 11) is 1.81. The number of amides is 1. The Morgan fingerprint density at radius 2 is 2.12 bits per heavy atom. The zero-order chi connectivity index (χ0) is 17.3. The third-order valence-electron chi connectivity index (χ3n) is 4.11. The number of hydrazone groups is 1. The summed E-state index contributed by atoms with van der Waals surface area (Å²) >= 11 is 0. The molecule has 0 aliphatic carbocycles. The van der Waals surface area contributed by atoms with Gasteiger partial charge in [0.2, 0.25) is 0 Å². The van der Waals surface area contributed by atoms with Crippen molar-refractivity contribution in [3.8, 4) is 6.07 Å². The van der Waals surface area contributed by atoms with E-state index in [-0.39, 0.29) is 5.76 Å². The lowest BCUT2D eigenvalue weighted by Gasteiger charge is -1.98. The number of carbonyl (C=O) groups is 1. The van der Waals surface area contributed by atoms with Crippen LogP contribution in [0.5, 0.6) is 0 Å². The minimum absolute atomic E-state index is 0.246. The van der Waals surface area contributed by atoms with Crippen molar-refractivity contribution in [2.45, 2.75) is 13.8 Å². The van der Waals surface area contributed by atoms with Crippen molar-refractivity contribution in [3.05, 3.63) is 58.6 Å². The van der Waals surface area contributed by atoms with Crippen LogP contribution in [0.25, 0.3) is 11.0 Å². The van der Waals surface area contributed by atoms with Gasteiger partial charge in [0.15, 0.2) is 5.76 Å². The number of rotatable bonds is 3. The molecule has 2 heterocycles. The van der Waals surface area contributed by atoms with Crippen LogP contribution in [0.2, 0.25) is 0 Å². The van der Waals surface area contributed by atoms with Crippen molar-refractivity contribution in [1.29, 1.82) is 5.26 Å². The molecule has 6 heteroatoms. The number of benzene rings is 1. The first kappa shape index (κ1) is 15.6. The fourth-order valence-corrected chi connectivity index (χ4v) is 2.56. The summed E-state index contributed by atoms with van der Waals surface area (Å²) in [6.07, 6.45) is 1.52. The van der Waals surface area contributed by atoms with E-state index in [0.717, 1.165) is 22.2 Å². The second-order valence-electron chi connectivity index (χ2n) is 5.49. The topological polar surface area (TPSA) is 83.3 Å². The molecule has 0 aliphatic rings. The largest absolute Gasteiger partial charge is 0.451 e. The summed E-state index contributed by atoms with van der Waals surface area (Å²) in [4.78, 5) is 12.3. The molecular weight excluding hydrogens is 304 g/mol.